The number of carboxylic acid groups (broad SMARTS) is 1. The van der Waals surface area contributed by atoms with Crippen molar-refractivity contribution in [2.75, 3.05) is 6.61 Å². The summed E-state index contributed by atoms with van der Waals surface area (Å²) in [7, 11) is 0. The highest BCUT2D eigenvalue weighted by molar-refractivity contribution is 5.92. The van der Waals surface area contributed by atoms with Crippen molar-refractivity contribution in [2.45, 2.75) is 32.2 Å². The fourth-order valence-corrected chi connectivity index (χ4v) is 1.63. The molecule has 0 aliphatic heterocycles. The lowest BCUT2D eigenvalue weighted by Crippen LogP contribution is -2.26. The Morgan fingerprint density at radius 3 is 2.79 bits per heavy atom. The molecule has 1 heterocycles. The molecule has 1 aliphatic rings. The van der Waals surface area contributed by atoms with Gasteiger partial charge >= 0.3 is 5.97 Å². The summed E-state index contributed by atoms with van der Waals surface area (Å²) in [5.41, 5.74) is 0.927. The zero-order valence-corrected chi connectivity index (χ0v) is 10.7. The van der Waals surface area contributed by atoms with Crippen molar-refractivity contribution < 1.29 is 19.4 Å². The molecule has 0 unspecified atom stereocenters. The second kappa shape index (κ2) is 5.69. The third kappa shape index (κ3) is 3.67. The van der Waals surface area contributed by atoms with Gasteiger partial charge in [-0.3, -0.25) is 4.79 Å². The van der Waals surface area contributed by atoms with E-state index in [-0.39, 0.29) is 11.9 Å². The lowest BCUT2D eigenvalue weighted by atomic mass is 10.2. The number of aliphatic carboxylic acids is 1. The molecule has 2 N–H and O–H groups in total. The van der Waals surface area contributed by atoms with Crippen molar-refractivity contribution in [3.8, 4) is 5.75 Å². The van der Waals surface area contributed by atoms with Gasteiger partial charge in [0.05, 0.1) is 5.69 Å². The molecule has 1 amide bonds. The van der Waals surface area contributed by atoms with E-state index in [4.69, 9.17) is 9.84 Å². The Labute approximate surface area is 110 Å². The van der Waals surface area contributed by atoms with E-state index >= 15 is 0 Å². The Morgan fingerprint density at radius 2 is 2.21 bits per heavy atom. The molecule has 0 atom stereocenters. The Hall–Kier alpha value is -2.11. The number of carbonyl (C=O) groups is 2. The van der Waals surface area contributed by atoms with Crippen LogP contribution in [0.1, 0.15) is 35.9 Å². The fraction of sp³-hybridized carbons (Fsp3) is 0.462. The highest BCUT2D eigenvalue weighted by Crippen LogP contribution is 2.21. The number of aromatic nitrogens is 1. The predicted octanol–water partition coefficient (Wildman–Crippen LogP) is 1.000. The first-order valence-electron chi connectivity index (χ1n) is 6.25. The number of nitrogens with one attached hydrogen (secondary N) is 1. The van der Waals surface area contributed by atoms with Gasteiger partial charge in [-0.05, 0) is 31.4 Å². The fourth-order valence-electron chi connectivity index (χ4n) is 1.63. The summed E-state index contributed by atoms with van der Waals surface area (Å²) in [5.74, 6) is -0.826. The van der Waals surface area contributed by atoms with Crippen LogP contribution in [0.3, 0.4) is 0 Å². The topological polar surface area (TPSA) is 88.5 Å². The highest BCUT2D eigenvalue weighted by atomic mass is 16.5. The predicted molar refractivity (Wildman–Crippen MR) is 67.2 cm³/mol. The van der Waals surface area contributed by atoms with Crippen molar-refractivity contribution >= 4 is 11.9 Å². The Balaban J connectivity index is 2.09. The molecule has 2 rings (SSSR count). The maximum Gasteiger partial charge on any atom is 0.341 e. The Morgan fingerprint density at radius 1 is 1.47 bits per heavy atom. The average Bonchev–Trinajstić information content (AvgIpc) is 3.19. The van der Waals surface area contributed by atoms with Gasteiger partial charge in [-0.2, -0.15) is 0 Å². The van der Waals surface area contributed by atoms with E-state index in [1.54, 1.807) is 12.1 Å². The van der Waals surface area contributed by atoms with Crippen LogP contribution in [0, 0.1) is 0 Å². The number of ether oxygens (including phenoxy) is 1. The highest BCUT2D eigenvalue weighted by Gasteiger charge is 2.24. The standard InChI is InChI=1S/C13H16N2O4/c1-2-9-11(19-7-12(16)17)6-5-10(15-9)13(18)14-8-3-4-8/h5-6,8H,2-4,7H2,1H3,(H,14,18)(H,16,17). The zero-order chi connectivity index (χ0) is 13.8. The molecule has 1 saturated carbocycles. The van der Waals surface area contributed by atoms with Crippen LogP contribution in [-0.2, 0) is 11.2 Å². The number of carboxylic acids is 1. The van der Waals surface area contributed by atoms with Gasteiger partial charge in [0.25, 0.3) is 5.91 Å². The molecule has 102 valence electrons. The number of aryl methyl sites for hydroxylation is 1. The van der Waals surface area contributed by atoms with E-state index in [9.17, 15) is 9.59 Å². The van der Waals surface area contributed by atoms with E-state index in [1.165, 1.54) is 0 Å². The van der Waals surface area contributed by atoms with Crippen LogP contribution in [0.5, 0.6) is 5.75 Å². The zero-order valence-electron chi connectivity index (χ0n) is 10.7. The molecule has 1 aromatic rings. The summed E-state index contributed by atoms with van der Waals surface area (Å²) in [4.78, 5) is 26.5. The van der Waals surface area contributed by atoms with Crippen molar-refractivity contribution in [3.63, 3.8) is 0 Å². The minimum absolute atomic E-state index is 0.193. The van der Waals surface area contributed by atoms with E-state index in [0.717, 1.165) is 12.8 Å². The summed E-state index contributed by atoms with van der Waals surface area (Å²) in [6.07, 6.45) is 2.61. The molecule has 0 radical (unpaired) electrons. The van der Waals surface area contributed by atoms with Crippen LogP contribution < -0.4 is 10.1 Å². The number of hydrogen-bond donors (Lipinski definition) is 2. The number of carbonyl (C=O) groups excluding carboxylic acids is 1. The molecule has 6 nitrogen and oxygen atoms in total. The molecule has 1 aliphatic carbocycles. The van der Waals surface area contributed by atoms with Gasteiger partial charge < -0.3 is 15.2 Å². The monoisotopic (exact) mass is 264 g/mol. The quantitative estimate of drug-likeness (QED) is 0.800. The summed E-state index contributed by atoms with van der Waals surface area (Å²) >= 11 is 0. The Kier molecular flexibility index (Phi) is 3.99. The smallest absolute Gasteiger partial charge is 0.341 e. The molecule has 6 heteroatoms. The minimum Gasteiger partial charge on any atom is -0.480 e. The first-order valence-corrected chi connectivity index (χ1v) is 6.25. The maximum atomic E-state index is 11.8. The van der Waals surface area contributed by atoms with Gasteiger partial charge in [-0.1, -0.05) is 6.92 Å². The summed E-state index contributed by atoms with van der Waals surface area (Å²) in [5, 5.41) is 11.4. The SMILES string of the molecule is CCc1nc(C(=O)NC2CC2)ccc1OCC(=O)O. The molecule has 0 saturated heterocycles. The maximum absolute atomic E-state index is 11.8. The first kappa shape index (κ1) is 13.3. The lowest BCUT2D eigenvalue weighted by Gasteiger charge is -2.10. The number of amides is 1. The van der Waals surface area contributed by atoms with Crippen LogP contribution in [0.25, 0.3) is 0 Å². The van der Waals surface area contributed by atoms with E-state index < -0.39 is 12.6 Å². The Bertz CT molecular complexity index is 497. The summed E-state index contributed by atoms with van der Waals surface area (Å²) in [6, 6.07) is 3.42. The van der Waals surface area contributed by atoms with Gasteiger partial charge in [0, 0.05) is 6.04 Å². The van der Waals surface area contributed by atoms with Crippen LogP contribution in [-0.4, -0.2) is 34.6 Å². The first-order chi connectivity index (χ1) is 9.10. The summed E-state index contributed by atoms with van der Waals surface area (Å²) in [6.45, 7) is 1.46. The van der Waals surface area contributed by atoms with Gasteiger partial charge in [-0.25, -0.2) is 9.78 Å². The van der Waals surface area contributed by atoms with E-state index in [2.05, 4.69) is 10.3 Å². The molecular weight excluding hydrogens is 248 g/mol. The lowest BCUT2D eigenvalue weighted by molar-refractivity contribution is -0.139. The van der Waals surface area contributed by atoms with E-state index in [0.29, 0.717) is 23.6 Å². The van der Waals surface area contributed by atoms with Crippen LogP contribution in [0.2, 0.25) is 0 Å². The van der Waals surface area contributed by atoms with Gasteiger partial charge in [0.15, 0.2) is 6.61 Å². The molecule has 19 heavy (non-hydrogen) atoms. The second-order valence-corrected chi connectivity index (χ2v) is 4.43. The van der Waals surface area contributed by atoms with Crippen molar-refractivity contribution in [3.05, 3.63) is 23.5 Å². The van der Waals surface area contributed by atoms with Crippen LogP contribution in [0.4, 0.5) is 0 Å². The molecule has 1 aromatic heterocycles. The van der Waals surface area contributed by atoms with Crippen molar-refractivity contribution in [1.82, 2.24) is 10.3 Å². The number of pyridine rings is 1. The van der Waals surface area contributed by atoms with E-state index in [1.807, 2.05) is 6.92 Å². The van der Waals surface area contributed by atoms with Gasteiger partial charge in [-0.15, -0.1) is 0 Å². The van der Waals surface area contributed by atoms with Crippen molar-refractivity contribution in [1.29, 1.82) is 0 Å². The summed E-state index contributed by atoms with van der Waals surface area (Å²) < 4.78 is 5.12. The molecule has 0 aromatic carbocycles. The molecule has 0 spiro atoms. The third-order valence-electron chi connectivity index (χ3n) is 2.76. The third-order valence-corrected chi connectivity index (χ3v) is 2.76. The average molecular weight is 264 g/mol. The van der Waals surface area contributed by atoms with Gasteiger partial charge in [0.2, 0.25) is 0 Å². The molecule has 1 fully saturated rings. The van der Waals surface area contributed by atoms with Crippen LogP contribution in [0.15, 0.2) is 12.1 Å². The van der Waals surface area contributed by atoms with Gasteiger partial charge in [0.1, 0.15) is 11.4 Å². The normalized spacial score (nSPS) is 13.9. The second-order valence-electron chi connectivity index (χ2n) is 4.43. The van der Waals surface area contributed by atoms with Crippen molar-refractivity contribution in [2.24, 2.45) is 0 Å². The number of nitrogens with zero attached hydrogens (tertiary/aromatic N) is 1. The number of rotatable bonds is 6. The largest absolute Gasteiger partial charge is 0.480 e. The van der Waals surface area contributed by atoms with Crippen LogP contribution >= 0.6 is 0 Å². The number of hydrogen-bond acceptors (Lipinski definition) is 4. The molecule has 0 bridgehead atoms. The molecular formula is C13H16N2O4. The minimum atomic E-state index is -1.04.